The zero-order valence-electron chi connectivity index (χ0n) is 16.4. The van der Waals surface area contributed by atoms with Crippen molar-refractivity contribution in [3.8, 4) is 0 Å². The molecule has 3 heterocycles. The minimum absolute atomic E-state index is 0.191. The average molecular weight is 415 g/mol. The summed E-state index contributed by atoms with van der Waals surface area (Å²) < 4.78 is 19.1. The number of ether oxygens (including phenoxy) is 1. The number of carbonyl (C=O) groups excluding carboxylic acids is 1. The molecule has 1 saturated heterocycles. The number of aromatic nitrogens is 2. The van der Waals surface area contributed by atoms with Crippen LogP contribution in [0, 0.1) is 19.7 Å². The van der Waals surface area contributed by atoms with Gasteiger partial charge in [-0.1, -0.05) is 6.07 Å². The highest BCUT2D eigenvalue weighted by Gasteiger charge is 2.21. The van der Waals surface area contributed by atoms with Crippen molar-refractivity contribution in [2.75, 3.05) is 18.5 Å². The number of amides is 1. The third kappa shape index (κ3) is 4.23. The number of fused-ring (bicyclic) bond motifs is 1. The van der Waals surface area contributed by atoms with Crippen LogP contribution in [0.4, 0.5) is 10.2 Å². The molecule has 2 aromatic heterocycles. The second-order valence-electron chi connectivity index (χ2n) is 7.23. The number of halogens is 1. The van der Waals surface area contributed by atoms with Crippen LogP contribution in [0.15, 0.2) is 24.5 Å². The molecule has 1 aliphatic heterocycles. The van der Waals surface area contributed by atoms with Gasteiger partial charge in [-0.05, 0) is 55.5 Å². The van der Waals surface area contributed by atoms with Crippen molar-refractivity contribution in [2.45, 2.75) is 39.3 Å². The molecule has 0 saturated carbocycles. The Balaban J connectivity index is 1.52. The smallest absolute Gasteiger partial charge is 0.261 e. The van der Waals surface area contributed by atoms with E-state index >= 15 is 0 Å². The summed E-state index contributed by atoms with van der Waals surface area (Å²) in [6.07, 6.45) is 3.82. The lowest BCUT2D eigenvalue weighted by Crippen LogP contribution is -2.23. The summed E-state index contributed by atoms with van der Waals surface area (Å²) in [4.78, 5) is 22.9. The highest BCUT2D eigenvalue weighted by Crippen LogP contribution is 2.33. The SMILES string of the molecule is Cc1ccc(F)cc1CNC(=O)c1sc2ncnc(NC[C@@H]3CCCO3)c2c1C. The molecule has 0 spiro atoms. The zero-order valence-corrected chi connectivity index (χ0v) is 17.2. The van der Waals surface area contributed by atoms with Gasteiger partial charge < -0.3 is 15.4 Å². The van der Waals surface area contributed by atoms with Crippen molar-refractivity contribution in [2.24, 2.45) is 0 Å². The van der Waals surface area contributed by atoms with Crippen molar-refractivity contribution in [3.63, 3.8) is 0 Å². The van der Waals surface area contributed by atoms with Gasteiger partial charge in [0, 0.05) is 19.7 Å². The van der Waals surface area contributed by atoms with Crippen molar-refractivity contribution in [1.82, 2.24) is 15.3 Å². The lowest BCUT2D eigenvalue weighted by atomic mass is 10.1. The topological polar surface area (TPSA) is 76.1 Å². The summed E-state index contributed by atoms with van der Waals surface area (Å²) in [7, 11) is 0. The Hall–Kier alpha value is -2.58. The van der Waals surface area contributed by atoms with Crippen LogP contribution < -0.4 is 10.6 Å². The molecule has 3 aromatic rings. The second kappa shape index (κ2) is 8.42. The molecule has 0 aliphatic carbocycles. The van der Waals surface area contributed by atoms with Crippen molar-refractivity contribution in [3.05, 3.63) is 51.9 Å². The summed E-state index contributed by atoms with van der Waals surface area (Å²) in [6.45, 7) is 5.56. The minimum Gasteiger partial charge on any atom is -0.376 e. The summed E-state index contributed by atoms with van der Waals surface area (Å²) in [5, 5.41) is 7.11. The standard InChI is InChI=1S/C21H23FN4O2S/c1-12-5-6-15(22)8-14(12)9-24-20(27)18-13(2)17-19(25-11-26-21(17)29-18)23-10-16-4-3-7-28-16/h5-6,8,11,16H,3-4,7,9-10H2,1-2H3,(H,24,27)(H,23,25,26)/t16-/m0/s1. The molecule has 8 heteroatoms. The molecule has 0 radical (unpaired) electrons. The molecule has 1 aliphatic rings. The number of thiophene rings is 1. The van der Waals surface area contributed by atoms with Crippen LogP contribution in [0.5, 0.6) is 0 Å². The predicted molar refractivity (Wildman–Crippen MR) is 112 cm³/mol. The number of aryl methyl sites for hydroxylation is 2. The number of benzene rings is 1. The van der Waals surface area contributed by atoms with Gasteiger partial charge in [-0.2, -0.15) is 0 Å². The molecule has 1 aromatic carbocycles. The highest BCUT2D eigenvalue weighted by molar-refractivity contribution is 7.20. The first-order chi connectivity index (χ1) is 14.0. The number of nitrogens with one attached hydrogen (secondary N) is 2. The van der Waals surface area contributed by atoms with Crippen LogP contribution >= 0.6 is 11.3 Å². The Morgan fingerprint density at radius 2 is 2.21 bits per heavy atom. The van der Waals surface area contributed by atoms with Gasteiger partial charge in [-0.3, -0.25) is 4.79 Å². The van der Waals surface area contributed by atoms with E-state index in [4.69, 9.17) is 4.74 Å². The summed E-state index contributed by atoms with van der Waals surface area (Å²) in [5.74, 6) is 0.216. The van der Waals surface area contributed by atoms with Gasteiger partial charge in [0.15, 0.2) is 0 Å². The minimum atomic E-state index is -0.310. The maximum atomic E-state index is 13.5. The highest BCUT2D eigenvalue weighted by atomic mass is 32.1. The van der Waals surface area contributed by atoms with Crippen LogP contribution in [-0.2, 0) is 11.3 Å². The third-order valence-electron chi connectivity index (χ3n) is 5.20. The number of nitrogens with zero attached hydrogens (tertiary/aromatic N) is 2. The quantitative estimate of drug-likeness (QED) is 0.638. The molecule has 1 amide bonds. The van der Waals surface area contributed by atoms with E-state index in [0.29, 0.717) is 11.4 Å². The van der Waals surface area contributed by atoms with E-state index in [9.17, 15) is 9.18 Å². The normalized spacial score (nSPS) is 16.3. The summed E-state index contributed by atoms with van der Waals surface area (Å²) >= 11 is 1.34. The van der Waals surface area contributed by atoms with E-state index in [2.05, 4.69) is 20.6 Å². The Bertz CT molecular complexity index is 1050. The van der Waals surface area contributed by atoms with Crippen molar-refractivity contribution < 1.29 is 13.9 Å². The molecule has 6 nitrogen and oxygen atoms in total. The van der Waals surface area contributed by atoms with Gasteiger partial charge in [0.05, 0.1) is 16.4 Å². The maximum Gasteiger partial charge on any atom is 0.261 e. The number of hydrogen-bond acceptors (Lipinski definition) is 6. The van der Waals surface area contributed by atoms with Crippen molar-refractivity contribution >= 4 is 33.3 Å². The number of rotatable bonds is 6. The lowest BCUT2D eigenvalue weighted by molar-refractivity contribution is 0.0954. The fourth-order valence-corrected chi connectivity index (χ4v) is 4.59. The van der Waals surface area contributed by atoms with Crippen LogP contribution in [0.25, 0.3) is 10.2 Å². The molecule has 1 fully saturated rings. The van der Waals surface area contributed by atoms with E-state index in [1.165, 1.54) is 29.8 Å². The average Bonchev–Trinajstić information content (AvgIpc) is 3.35. The first-order valence-corrected chi connectivity index (χ1v) is 10.5. The van der Waals surface area contributed by atoms with Gasteiger partial charge in [0.25, 0.3) is 5.91 Å². The fourth-order valence-electron chi connectivity index (χ4n) is 3.52. The molecule has 2 N–H and O–H groups in total. The van der Waals surface area contributed by atoms with Gasteiger partial charge in [-0.25, -0.2) is 14.4 Å². The Kier molecular flexibility index (Phi) is 5.73. The Morgan fingerprint density at radius 3 is 3.00 bits per heavy atom. The van der Waals surface area contributed by atoms with E-state index in [1.807, 2.05) is 13.8 Å². The van der Waals surface area contributed by atoms with Gasteiger partial charge in [0.1, 0.15) is 22.8 Å². The van der Waals surface area contributed by atoms with Crippen LogP contribution in [0.3, 0.4) is 0 Å². The number of anilines is 1. The van der Waals surface area contributed by atoms with E-state index < -0.39 is 0 Å². The molecule has 1 atom stereocenters. The van der Waals surface area contributed by atoms with Crippen LogP contribution in [-0.4, -0.2) is 35.1 Å². The number of hydrogen-bond donors (Lipinski definition) is 2. The third-order valence-corrected chi connectivity index (χ3v) is 6.40. The monoisotopic (exact) mass is 414 g/mol. The van der Waals surface area contributed by atoms with E-state index in [-0.39, 0.29) is 24.4 Å². The number of carbonyl (C=O) groups is 1. The molecule has 0 bridgehead atoms. The van der Waals surface area contributed by atoms with E-state index in [0.717, 1.165) is 52.2 Å². The van der Waals surface area contributed by atoms with Gasteiger partial charge >= 0.3 is 0 Å². The molecule has 152 valence electrons. The fraction of sp³-hybridized carbons (Fsp3) is 0.381. The van der Waals surface area contributed by atoms with Crippen LogP contribution in [0.1, 0.15) is 39.2 Å². The lowest BCUT2D eigenvalue weighted by Gasteiger charge is -2.12. The Morgan fingerprint density at radius 1 is 1.34 bits per heavy atom. The Labute approximate surface area is 172 Å². The van der Waals surface area contributed by atoms with E-state index in [1.54, 1.807) is 6.07 Å². The largest absolute Gasteiger partial charge is 0.376 e. The van der Waals surface area contributed by atoms with Gasteiger partial charge in [-0.15, -0.1) is 11.3 Å². The summed E-state index contributed by atoms with van der Waals surface area (Å²) in [6, 6.07) is 4.58. The first kappa shape index (κ1) is 19.7. The molecule has 4 rings (SSSR count). The van der Waals surface area contributed by atoms with Gasteiger partial charge in [0.2, 0.25) is 0 Å². The van der Waals surface area contributed by atoms with Crippen LogP contribution in [0.2, 0.25) is 0 Å². The molecule has 29 heavy (non-hydrogen) atoms. The summed E-state index contributed by atoms with van der Waals surface area (Å²) in [5.41, 5.74) is 2.54. The first-order valence-electron chi connectivity index (χ1n) is 9.65. The molecule has 0 unspecified atom stereocenters. The molecular weight excluding hydrogens is 391 g/mol. The second-order valence-corrected chi connectivity index (χ2v) is 8.23. The zero-order chi connectivity index (χ0) is 20.4. The predicted octanol–water partition coefficient (Wildman–Crippen LogP) is 3.97. The molecular formula is C21H23FN4O2S. The maximum absolute atomic E-state index is 13.5. The van der Waals surface area contributed by atoms with Crippen molar-refractivity contribution in [1.29, 1.82) is 0 Å².